The minimum absolute atomic E-state index is 0.123. The highest BCUT2D eigenvalue weighted by Gasteiger charge is 2.25. The van der Waals surface area contributed by atoms with Gasteiger partial charge < -0.3 is 10.2 Å². The second kappa shape index (κ2) is 10.4. The van der Waals surface area contributed by atoms with Crippen molar-refractivity contribution in [3.8, 4) is 0 Å². The number of hydrogen-bond acceptors (Lipinski definition) is 4. The van der Waals surface area contributed by atoms with Crippen LogP contribution in [0.3, 0.4) is 0 Å². The number of benzene rings is 3. The highest BCUT2D eigenvalue weighted by atomic mass is 32.2. The molecule has 0 aliphatic heterocycles. The molecule has 0 radical (unpaired) electrons. The van der Waals surface area contributed by atoms with Crippen molar-refractivity contribution in [3.63, 3.8) is 0 Å². The minimum Gasteiger partial charge on any atom is -0.335 e. The number of carbonyl (C=O) groups is 2. The molecule has 184 valence electrons. The van der Waals surface area contributed by atoms with E-state index in [4.69, 9.17) is 0 Å². The molecule has 0 heterocycles. The van der Waals surface area contributed by atoms with Crippen molar-refractivity contribution < 1.29 is 18.0 Å². The van der Waals surface area contributed by atoms with E-state index in [-0.39, 0.29) is 22.8 Å². The molecular formula is C27H31N3O4S. The first-order valence-corrected chi connectivity index (χ1v) is 12.6. The number of aryl methyl sites for hydroxylation is 1. The van der Waals surface area contributed by atoms with Crippen LogP contribution in [0.4, 0.5) is 5.69 Å². The number of anilines is 1. The van der Waals surface area contributed by atoms with Gasteiger partial charge in [0.1, 0.15) is 0 Å². The molecular weight excluding hydrogens is 462 g/mol. The Bertz CT molecular complexity index is 1350. The molecule has 3 aromatic carbocycles. The lowest BCUT2D eigenvalue weighted by Crippen LogP contribution is -2.30. The van der Waals surface area contributed by atoms with Gasteiger partial charge in [-0.05, 0) is 73.9 Å². The fourth-order valence-electron chi connectivity index (χ4n) is 3.69. The van der Waals surface area contributed by atoms with Crippen LogP contribution in [-0.2, 0) is 10.0 Å². The number of nitrogens with one attached hydrogen (secondary N) is 1. The van der Waals surface area contributed by atoms with Crippen LogP contribution in [0.1, 0.15) is 50.4 Å². The molecule has 8 heteroatoms. The molecule has 1 unspecified atom stereocenters. The summed E-state index contributed by atoms with van der Waals surface area (Å²) in [5, 5.41) is 2.89. The average molecular weight is 494 g/mol. The van der Waals surface area contributed by atoms with Crippen molar-refractivity contribution in [1.29, 1.82) is 0 Å². The van der Waals surface area contributed by atoms with Gasteiger partial charge in [0.2, 0.25) is 10.0 Å². The van der Waals surface area contributed by atoms with E-state index in [0.717, 1.165) is 15.4 Å². The monoisotopic (exact) mass is 493 g/mol. The molecule has 0 aliphatic carbocycles. The molecule has 0 fully saturated rings. The van der Waals surface area contributed by atoms with Crippen molar-refractivity contribution in [2.75, 3.05) is 26.5 Å². The van der Waals surface area contributed by atoms with Crippen LogP contribution in [0.25, 0.3) is 0 Å². The molecule has 1 atom stereocenters. The van der Waals surface area contributed by atoms with Crippen LogP contribution in [0, 0.1) is 13.8 Å². The molecule has 0 spiro atoms. The van der Waals surface area contributed by atoms with Gasteiger partial charge in [-0.1, -0.05) is 30.3 Å². The molecule has 35 heavy (non-hydrogen) atoms. The predicted octanol–water partition coefficient (Wildman–Crippen LogP) is 4.64. The van der Waals surface area contributed by atoms with Crippen molar-refractivity contribution in [1.82, 2.24) is 9.21 Å². The Morgan fingerprint density at radius 3 is 2.14 bits per heavy atom. The van der Waals surface area contributed by atoms with Gasteiger partial charge in [-0.3, -0.25) is 9.59 Å². The number of nitrogens with zero attached hydrogens (tertiary/aromatic N) is 2. The minimum atomic E-state index is -3.70. The molecule has 3 rings (SSSR count). The van der Waals surface area contributed by atoms with Gasteiger partial charge in [-0.2, -0.15) is 0 Å². The van der Waals surface area contributed by atoms with E-state index in [1.807, 2.05) is 31.2 Å². The van der Waals surface area contributed by atoms with Gasteiger partial charge in [-0.15, -0.1) is 0 Å². The summed E-state index contributed by atoms with van der Waals surface area (Å²) >= 11 is 0. The van der Waals surface area contributed by atoms with E-state index < -0.39 is 10.0 Å². The zero-order valence-corrected chi connectivity index (χ0v) is 21.7. The quantitative estimate of drug-likeness (QED) is 0.520. The van der Waals surface area contributed by atoms with Gasteiger partial charge in [-0.25, -0.2) is 12.7 Å². The molecule has 1 N–H and O–H groups in total. The van der Waals surface area contributed by atoms with E-state index in [0.29, 0.717) is 22.4 Å². The van der Waals surface area contributed by atoms with Crippen molar-refractivity contribution in [3.05, 3.63) is 94.5 Å². The highest BCUT2D eigenvalue weighted by Crippen LogP contribution is 2.27. The average Bonchev–Trinajstić information content (AvgIpc) is 2.84. The maximum atomic E-state index is 13.4. The first kappa shape index (κ1) is 26.1. The Balaban J connectivity index is 1.86. The van der Waals surface area contributed by atoms with Gasteiger partial charge in [0, 0.05) is 38.0 Å². The molecule has 0 aromatic heterocycles. The zero-order chi connectivity index (χ0) is 25.9. The summed E-state index contributed by atoms with van der Waals surface area (Å²) in [5.41, 5.74) is 3.65. The van der Waals surface area contributed by atoms with E-state index in [2.05, 4.69) is 5.32 Å². The van der Waals surface area contributed by atoms with E-state index >= 15 is 0 Å². The van der Waals surface area contributed by atoms with Crippen LogP contribution in [-0.4, -0.2) is 50.6 Å². The zero-order valence-electron chi connectivity index (χ0n) is 20.9. The number of rotatable bonds is 7. The van der Waals surface area contributed by atoms with Crippen molar-refractivity contribution in [2.45, 2.75) is 31.7 Å². The number of sulfonamides is 1. The molecule has 0 saturated heterocycles. The molecule has 0 bridgehead atoms. The topological polar surface area (TPSA) is 86.8 Å². The van der Waals surface area contributed by atoms with Crippen LogP contribution in [0.15, 0.2) is 71.6 Å². The molecule has 0 saturated carbocycles. The van der Waals surface area contributed by atoms with Gasteiger partial charge in [0.25, 0.3) is 11.8 Å². The Hall–Kier alpha value is -3.49. The van der Waals surface area contributed by atoms with E-state index in [1.54, 1.807) is 62.2 Å². The normalized spacial score (nSPS) is 12.3. The van der Waals surface area contributed by atoms with E-state index in [9.17, 15) is 18.0 Å². The Kier molecular flexibility index (Phi) is 7.77. The summed E-state index contributed by atoms with van der Waals surface area (Å²) in [7, 11) is 0.913. The van der Waals surface area contributed by atoms with Crippen LogP contribution >= 0.6 is 0 Å². The molecule has 7 nitrogen and oxygen atoms in total. The maximum Gasteiger partial charge on any atom is 0.255 e. The lowest BCUT2D eigenvalue weighted by Gasteiger charge is -2.26. The number of amides is 2. The Morgan fingerprint density at radius 1 is 0.857 bits per heavy atom. The van der Waals surface area contributed by atoms with Crippen LogP contribution in [0.5, 0.6) is 0 Å². The van der Waals surface area contributed by atoms with E-state index in [1.165, 1.54) is 20.2 Å². The third-order valence-corrected chi connectivity index (χ3v) is 8.13. The fourth-order valence-corrected chi connectivity index (χ4v) is 4.90. The smallest absolute Gasteiger partial charge is 0.255 e. The largest absolute Gasteiger partial charge is 0.335 e. The molecule has 2 amide bonds. The van der Waals surface area contributed by atoms with Gasteiger partial charge in [0.15, 0.2) is 0 Å². The Morgan fingerprint density at radius 2 is 1.51 bits per heavy atom. The standard InChI is InChI=1S/C27H31N3O4S/c1-18-15-23(17-25(19(18)2)35(33,34)29(4)5)27(32)30(6)20(3)22-13-10-14-24(16-22)28-26(31)21-11-8-7-9-12-21/h7-17,20H,1-6H3,(H,28,31). The lowest BCUT2D eigenvalue weighted by molar-refractivity contribution is 0.0742. The maximum absolute atomic E-state index is 13.4. The first-order valence-electron chi connectivity index (χ1n) is 11.2. The summed E-state index contributed by atoms with van der Waals surface area (Å²) in [6, 6.07) is 19.1. The SMILES string of the molecule is Cc1cc(C(=O)N(C)C(C)c2cccc(NC(=O)c3ccccc3)c2)cc(S(=O)(=O)N(C)C)c1C. The second-order valence-corrected chi connectivity index (χ2v) is 10.9. The van der Waals surface area contributed by atoms with Gasteiger partial charge in [0.05, 0.1) is 10.9 Å². The number of carbonyl (C=O) groups excluding carboxylic acids is 2. The number of hydrogen-bond donors (Lipinski definition) is 1. The lowest BCUT2D eigenvalue weighted by atomic mass is 10.0. The fraction of sp³-hybridized carbons (Fsp3) is 0.259. The summed E-state index contributed by atoms with van der Waals surface area (Å²) in [5.74, 6) is -0.515. The summed E-state index contributed by atoms with van der Waals surface area (Å²) in [6.45, 7) is 5.42. The van der Waals surface area contributed by atoms with Crippen LogP contribution < -0.4 is 5.32 Å². The summed E-state index contributed by atoms with van der Waals surface area (Å²) in [6.07, 6.45) is 0. The van der Waals surface area contributed by atoms with Crippen LogP contribution in [0.2, 0.25) is 0 Å². The van der Waals surface area contributed by atoms with Gasteiger partial charge >= 0.3 is 0 Å². The molecule has 3 aromatic rings. The molecule has 0 aliphatic rings. The van der Waals surface area contributed by atoms with Crippen molar-refractivity contribution in [2.24, 2.45) is 0 Å². The van der Waals surface area contributed by atoms with Crippen molar-refractivity contribution >= 4 is 27.5 Å². The second-order valence-electron chi connectivity index (χ2n) is 8.74. The first-order chi connectivity index (χ1) is 16.4. The summed E-state index contributed by atoms with van der Waals surface area (Å²) in [4.78, 5) is 27.6. The Labute approximate surface area is 207 Å². The third kappa shape index (κ3) is 5.61. The predicted molar refractivity (Wildman–Crippen MR) is 138 cm³/mol. The highest BCUT2D eigenvalue weighted by molar-refractivity contribution is 7.89. The summed E-state index contributed by atoms with van der Waals surface area (Å²) < 4.78 is 26.7. The third-order valence-electron chi connectivity index (χ3n) is 6.19.